The molecule has 1 aromatic carbocycles. The molecule has 0 aromatic heterocycles. The molecule has 0 aliphatic heterocycles. The zero-order valence-corrected chi connectivity index (χ0v) is 8.23. The van der Waals surface area contributed by atoms with Gasteiger partial charge in [-0.15, -0.1) is 0 Å². The van der Waals surface area contributed by atoms with Gasteiger partial charge in [-0.25, -0.2) is 0 Å². The Bertz CT molecular complexity index is 363. The number of nitriles is 1. The van der Waals surface area contributed by atoms with Gasteiger partial charge in [0.15, 0.2) is 0 Å². The van der Waals surface area contributed by atoms with Crippen LogP contribution in [0.5, 0.6) is 5.75 Å². The molecule has 1 unspecified atom stereocenters. The highest BCUT2D eigenvalue weighted by Crippen LogP contribution is 2.42. The predicted molar refractivity (Wildman–Crippen MR) is 54.1 cm³/mol. The molecule has 2 nitrogen and oxygen atoms in total. The topological polar surface area (TPSA) is 33.0 Å². The third kappa shape index (κ3) is 1.72. The summed E-state index contributed by atoms with van der Waals surface area (Å²) in [6.45, 7) is 0. The van der Waals surface area contributed by atoms with Gasteiger partial charge in [0.05, 0.1) is 19.1 Å². The highest BCUT2D eigenvalue weighted by molar-refractivity contribution is 5.34. The zero-order chi connectivity index (χ0) is 9.97. The lowest BCUT2D eigenvalue weighted by atomic mass is 9.96. The van der Waals surface area contributed by atoms with Crippen molar-refractivity contribution in [3.05, 3.63) is 29.8 Å². The van der Waals surface area contributed by atoms with Gasteiger partial charge in [-0.05, 0) is 36.5 Å². The summed E-state index contributed by atoms with van der Waals surface area (Å²) in [5, 5.41) is 9.06. The first-order chi connectivity index (χ1) is 6.85. The maximum atomic E-state index is 9.06. The minimum atomic E-state index is 0.0603. The molecule has 1 atom stereocenters. The number of nitrogens with zero attached hydrogens (tertiary/aromatic N) is 1. The van der Waals surface area contributed by atoms with Crippen LogP contribution in [0.2, 0.25) is 0 Å². The van der Waals surface area contributed by atoms with Crippen molar-refractivity contribution in [2.24, 2.45) is 5.92 Å². The van der Waals surface area contributed by atoms with E-state index in [0.717, 1.165) is 11.3 Å². The van der Waals surface area contributed by atoms with E-state index in [9.17, 15) is 0 Å². The van der Waals surface area contributed by atoms with Crippen molar-refractivity contribution >= 4 is 0 Å². The molecule has 0 saturated heterocycles. The Morgan fingerprint density at radius 3 is 2.86 bits per heavy atom. The van der Waals surface area contributed by atoms with E-state index >= 15 is 0 Å². The zero-order valence-electron chi connectivity index (χ0n) is 8.23. The molecule has 0 heterocycles. The van der Waals surface area contributed by atoms with Crippen LogP contribution in [0.15, 0.2) is 24.3 Å². The van der Waals surface area contributed by atoms with Crippen LogP contribution in [0.25, 0.3) is 0 Å². The number of ether oxygens (including phenoxy) is 1. The standard InChI is InChI=1S/C12H13NO/c1-14-11-4-2-3-10(7-11)12(8-13)9-5-6-9/h2-4,7,9,12H,5-6H2,1H3. The van der Waals surface area contributed by atoms with Crippen LogP contribution < -0.4 is 4.74 Å². The summed E-state index contributed by atoms with van der Waals surface area (Å²) in [4.78, 5) is 0. The van der Waals surface area contributed by atoms with E-state index in [4.69, 9.17) is 10.00 Å². The number of hydrogen-bond donors (Lipinski definition) is 0. The summed E-state index contributed by atoms with van der Waals surface area (Å²) in [5.41, 5.74) is 1.09. The molecule has 1 saturated carbocycles. The molecule has 1 aliphatic rings. The van der Waals surface area contributed by atoms with Crippen molar-refractivity contribution in [2.45, 2.75) is 18.8 Å². The van der Waals surface area contributed by atoms with E-state index in [1.807, 2.05) is 24.3 Å². The maximum Gasteiger partial charge on any atom is 0.119 e. The molecule has 0 radical (unpaired) electrons. The summed E-state index contributed by atoms with van der Waals surface area (Å²) >= 11 is 0. The first kappa shape index (κ1) is 9.08. The normalized spacial score (nSPS) is 17.1. The first-order valence-corrected chi connectivity index (χ1v) is 4.88. The van der Waals surface area contributed by atoms with Crippen molar-refractivity contribution in [1.82, 2.24) is 0 Å². The monoisotopic (exact) mass is 187 g/mol. The summed E-state index contributed by atoms with van der Waals surface area (Å²) in [5.74, 6) is 1.47. The van der Waals surface area contributed by atoms with E-state index in [0.29, 0.717) is 5.92 Å². The van der Waals surface area contributed by atoms with Gasteiger partial charge in [-0.2, -0.15) is 5.26 Å². The van der Waals surface area contributed by atoms with Crippen LogP contribution in [0.3, 0.4) is 0 Å². The van der Waals surface area contributed by atoms with E-state index in [1.54, 1.807) is 7.11 Å². The molecule has 0 spiro atoms. The summed E-state index contributed by atoms with van der Waals surface area (Å²) in [6, 6.07) is 10.2. The smallest absolute Gasteiger partial charge is 0.119 e. The Morgan fingerprint density at radius 1 is 1.50 bits per heavy atom. The maximum absolute atomic E-state index is 9.06. The van der Waals surface area contributed by atoms with Crippen LogP contribution in [-0.2, 0) is 0 Å². The number of benzene rings is 1. The molecule has 1 aliphatic carbocycles. The lowest BCUT2D eigenvalue weighted by Crippen LogP contribution is -1.98. The predicted octanol–water partition coefficient (Wildman–Crippen LogP) is 2.71. The minimum absolute atomic E-state index is 0.0603. The van der Waals surface area contributed by atoms with Crippen LogP contribution in [0.1, 0.15) is 24.3 Å². The first-order valence-electron chi connectivity index (χ1n) is 4.88. The highest BCUT2D eigenvalue weighted by Gasteiger charge is 2.32. The van der Waals surface area contributed by atoms with Gasteiger partial charge in [0, 0.05) is 0 Å². The van der Waals surface area contributed by atoms with E-state index in [2.05, 4.69) is 6.07 Å². The Balaban J connectivity index is 2.25. The van der Waals surface area contributed by atoms with Gasteiger partial charge in [0.1, 0.15) is 5.75 Å². The van der Waals surface area contributed by atoms with E-state index < -0.39 is 0 Å². The molecule has 72 valence electrons. The quantitative estimate of drug-likeness (QED) is 0.728. The molecular formula is C12H13NO. The molecule has 2 rings (SSSR count). The van der Waals surface area contributed by atoms with Gasteiger partial charge >= 0.3 is 0 Å². The SMILES string of the molecule is COc1cccc(C(C#N)C2CC2)c1. The Labute approximate surface area is 84.1 Å². The summed E-state index contributed by atoms with van der Waals surface area (Å²) in [7, 11) is 1.65. The van der Waals surface area contributed by atoms with Gasteiger partial charge in [-0.3, -0.25) is 0 Å². The molecule has 1 aromatic rings. The number of hydrogen-bond acceptors (Lipinski definition) is 2. The van der Waals surface area contributed by atoms with Gasteiger partial charge in [0.2, 0.25) is 0 Å². The molecule has 0 amide bonds. The van der Waals surface area contributed by atoms with Crippen molar-refractivity contribution in [3.8, 4) is 11.8 Å². The van der Waals surface area contributed by atoms with Gasteiger partial charge in [-0.1, -0.05) is 12.1 Å². The third-order valence-corrected chi connectivity index (χ3v) is 2.69. The van der Waals surface area contributed by atoms with E-state index in [-0.39, 0.29) is 5.92 Å². The van der Waals surface area contributed by atoms with E-state index in [1.165, 1.54) is 12.8 Å². The van der Waals surface area contributed by atoms with Crippen LogP contribution in [0, 0.1) is 17.2 Å². The third-order valence-electron chi connectivity index (χ3n) is 2.69. The lowest BCUT2D eigenvalue weighted by molar-refractivity contribution is 0.414. The Kier molecular flexibility index (Phi) is 2.41. The fourth-order valence-electron chi connectivity index (χ4n) is 1.72. The largest absolute Gasteiger partial charge is 0.497 e. The number of methoxy groups -OCH3 is 1. The van der Waals surface area contributed by atoms with Crippen molar-refractivity contribution < 1.29 is 4.74 Å². The average molecular weight is 187 g/mol. The van der Waals surface area contributed by atoms with Gasteiger partial charge in [0.25, 0.3) is 0 Å². The minimum Gasteiger partial charge on any atom is -0.497 e. The molecule has 14 heavy (non-hydrogen) atoms. The fraction of sp³-hybridized carbons (Fsp3) is 0.417. The Morgan fingerprint density at radius 2 is 2.29 bits per heavy atom. The van der Waals surface area contributed by atoms with Crippen LogP contribution in [-0.4, -0.2) is 7.11 Å². The second kappa shape index (κ2) is 3.71. The second-order valence-electron chi connectivity index (χ2n) is 3.72. The van der Waals surface area contributed by atoms with Crippen LogP contribution >= 0.6 is 0 Å². The van der Waals surface area contributed by atoms with Crippen molar-refractivity contribution in [2.75, 3.05) is 7.11 Å². The second-order valence-corrected chi connectivity index (χ2v) is 3.72. The summed E-state index contributed by atoms with van der Waals surface area (Å²) < 4.78 is 5.14. The van der Waals surface area contributed by atoms with Crippen LogP contribution in [0.4, 0.5) is 0 Å². The van der Waals surface area contributed by atoms with Crippen molar-refractivity contribution in [1.29, 1.82) is 5.26 Å². The van der Waals surface area contributed by atoms with Gasteiger partial charge < -0.3 is 4.74 Å². The fourth-order valence-corrected chi connectivity index (χ4v) is 1.72. The Hall–Kier alpha value is -1.49. The number of rotatable bonds is 3. The molecule has 0 bridgehead atoms. The molecular weight excluding hydrogens is 174 g/mol. The summed E-state index contributed by atoms with van der Waals surface area (Å²) in [6.07, 6.45) is 2.38. The molecule has 0 N–H and O–H groups in total. The van der Waals surface area contributed by atoms with Crippen molar-refractivity contribution in [3.63, 3.8) is 0 Å². The molecule has 1 fully saturated rings. The highest BCUT2D eigenvalue weighted by atomic mass is 16.5. The molecule has 2 heteroatoms. The lowest BCUT2D eigenvalue weighted by Gasteiger charge is -2.08. The average Bonchev–Trinajstić information content (AvgIpc) is 3.04.